The maximum Gasteiger partial charge on any atom is 0.410 e. The van der Waals surface area contributed by atoms with Gasteiger partial charge in [-0.1, -0.05) is 18.2 Å². The van der Waals surface area contributed by atoms with E-state index in [1.165, 1.54) is 0 Å². The van der Waals surface area contributed by atoms with Crippen LogP contribution in [-0.2, 0) is 4.74 Å². The predicted octanol–water partition coefficient (Wildman–Crippen LogP) is 4.52. The van der Waals surface area contributed by atoms with Gasteiger partial charge in [0.15, 0.2) is 0 Å². The molecule has 0 bridgehead atoms. The third-order valence-corrected chi connectivity index (χ3v) is 4.40. The fourth-order valence-electron chi connectivity index (χ4n) is 3.22. The lowest BCUT2D eigenvalue weighted by molar-refractivity contribution is 0.0221. The number of carbonyl (C=O) groups is 2. The Morgan fingerprint density at radius 2 is 1.93 bits per heavy atom. The van der Waals surface area contributed by atoms with Crippen LogP contribution in [0.15, 0.2) is 42.5 Å². The Bertz CT molecular complexity index is 857. The van der Waals surface area contributed by atoms with Crippen molar-refractivity contribution < 1.29 is 19.4 Å². The lowest BCUT2D eigenvalue weighted by atomic mass is 10.1. The molecule has 1 fully saturated rings. The summed E-state index contributed by atoms with van der Waals surface area (Å²) < 4.78 is 5.52. The van der Waals surface area contributed by atoms with E-state index in [-0.39, 0.29) is 17.7 Å². The average molecular weight is 368 g/mol. The van der Waals surface area contributed by atoms with Crippen LogP contribution in [0.5, 0.6) is 0 Å². The molecular formula is C21H24N2O4. The zero-order valence-electron chi connectivity index (χ0n) is 15.8. The van der Waals surface area contributed by atoms with Crippen molar-refractivity contribution in [3.8, 4) is 11.3 Å². The van der Waals surface area contributed by atoms with Crippen LogP contribution in [0.3, 0.4) is 0 Å². The molecule has 1 aromatic carbocycles. The van der Waals surface area contributed by atoms with Gasteiger partial charge in [-0.05, 0) is 57.9 Å². The second kappa shape index (κ2) is 7.39. The van der Waals surface area contributed by atoms with Crippen LogP contribution in [0, 0.1) is 0 Å². The maximum atomic E-state index is 12.5. The van der Waals surface area contributed by atoms with Crippen molar-refractivity contribution in [3.05, 3.63) is 53.7 Å². The van der Waals surface area contributed by atoms with E-state index < -0.39 is 11.6 Å². The fourth-order valence-corrected chi connectivity index (χ4v) is 3.22. The third-order valence-electron chi connectivity index (χ3n) is 4.40. The molecule has 6 heteroatoms. The van der Waals surface area contributed by atoms with E-state index in [1.807, 2.05) is 45.0 Å². The standard InChI is InChI=1S/C21H24N2O4/c1-21(2,3)27-20(26)23-12-6-11-18(23)17-10-5-9-16(22-17)14-7-4-8-15(13-14)19(24)25/h4-5,7-10,13,18H,6,11-12H2,1-3H3,(H,24,25). The van der Waals surface area contributed by atoms with Crippen molar-refractivity contribution in [2.75, 3.05) is 6.54 Å². The summed E-state index contributed by atoms with van der Waals surface area (Å²) in [6, 6.07) is 12.2. The van der Waals surface area contributed by atoms with Gasteiger partial charge in [0, 0.05) is 12.1 Å². The monoisotopic (exact) mass is 368 g/mol. The highest BCUT2D eigenvalue weighted by Gasteiger charge is 2.34. The number of carboxylic acids is 1. The third kappa shape index (κ3) is 4.45. The first-order valence-corrected chi connectivity index (χ1v) is 9.05. The number of rotatable bonds is 3. The molecule has 1 aromatic heterocycles. The Hall–Kier alpha value is -2.89. The molecule has 0 saturated carbocycles. The number of pyridine rings is 1. The summed E-state index contributed by atoms with van der Waals surface area (Å²) in [6.07, 6.45) is 1.39. The number of carbonyl (C=O) groups excluding carboxylic acids is 1. The molecule has 1 aliphatic heterocycles. The largest absolute Gasteiger partial charge is 0.478 e. The number of ether oxygens (including phenoxy) is 1. The zero-order chi connectivity index (χ0) is 19.6. The van der Waals surface area contributed by atoms with Gasteiger partial charge in [0.1, 0.15) is 5.60 Å². The zero-order valence-corrected chi connectivity index (χ0v) is 15.8. The molecule has 142 valence electrons. The minimum absolute atomic E-state index is 0.137. The Labute approximate surface area is 158 Å². The molecule has 1 atom stereocenters. The molecule has 1 aliphatic rings. The summed E-state index contributed by atoms with van der Waals surface area (Å²) in [5.41, 5.74) is 1.88. The van der Waals surface area contributed by atoms with Crippen LogP contribution < -0.4 is 0 Å². The van der Waals surface area contributed by atoms with Crippen molar-refractivity contribution in [2.24, 2.45) is 0 Å². The fraction of sp³-hybridized carbons (Fsp3) is 0.381. The Balaban J connectivity index is 1.87. The van der Waals surface area contributed by atoms with Gasteiger partial charge in [-0.25, -0.2) is 9.59 Å². The minimum Gasteiger partial charge on any atom is -0.478 e. The molecule has 2 aromatic rings. The number of likely N-dealkylation sites (tertiary alicyclic amines) is 1. The first kappa shape index (κ1) is 18.9. The number of aromatic carboxylic acids is 1. The summed E-state index contributed by atoms with van der Waals surface area (Å²) >= 11 is 0. The van der Waals surface area contributed by atoms with Gasteiger partial charge < -0.3 is 9.84 Å². The first-order chi connectivity index (χ1) is 12.7. The van der Waals surface area contributed by atoms with Crippen molar-refractivity contribution in [3.63, 3.8) is 0 Å². The van der Waals surface area contributed by atoms with Gasteiger partial charge in [-0.3, -0.25) is 9.88 Å². The van der Waals surface area contributed by atoms with Crippen LogP contribution in [0.2, 0.25) is 0 Å². The highest BCUT2D eigenvalue weighted by molar-refractivity contribution is 5.89. The smallest absolute Gasteiger partial charge is 0.410 e. The van der Waals surface area contributed by atoms with E-state index in [9.17, 15) is 14.7 Å². The molecule has 0 spiro atoms. The second-order valence-electron chi connectivity index (χ2n) is 7.67. The summed E-state index contributed by atoms with van der Waals surface area (Å²) in [6.45, 7) is 6.19. The highest BCUT2D eigenvalue weighted by atomic mass is 16.6. The number of benzene rings is 1. The minimum atomic E-state index is -0.972. The number of nitrogens with zero attached hydrogens (tertiary/aromatic N) is 2. The maximum absolute atomic E-state index is 12.5. The van der Waals surface area contributed by atoms with Crippen molar-refractivity contribution >= 4 is 12.1 Å². The van der Waals surface area contributed by atoms with E-state index in [0.717, 1.165) is 24.1 Å². The van der Waals surface area contributed by atoms with Crippen LogP contribution >= 0.6 is 0 Å². The number of amides is 1. The molecule has 3 rings (SSSR count). The van der Waals surface area contributed by atoms with E-state index in [2.05, 4.69) is 0 Å². The number of carboxylic acid groups (broad SMARTS) is 1. The van der Waals surface area contributed by atoms with Crippen molar-refractivity contribution in [1.29, 1.82) is 0 Å². The van der Waals surface area contributed by atoms with E-state index in [1.54, 1.807) is 23.1 Å². The van der Waals surface area contributed by atoms with E-state index in [4.69, 9.17) is 9.72 Å². The van der Waals surface area contributed by atoms with Gasteiger partial charge >= 0.3 is 12.1 Å². The van der Waals surface area contributed by atoms with Crippen LogP contribution in [0.1, 0.15) is 55.7 Å². The van der Waals surface area contributed by atoms with Gasteiger partial charge in [-0.15, -0.1) is 0 Å². The summed E-state index contributed by atoms with van der Waals surface area (Å²) in [5.74, 6) is -0.972. The molecule has 1 N–H and O–H groups in total. The SMILES string of the molecule is CC(C)(C)OC(=O)N1CCCC1c1cccc(-c2cccc(C(=O)O)c2)n1. The summed E-state index contributed by atoms with van der Waals surface area (Å²) in [4.78, 5) is 30.2. The second-order valence-corrected chi connectivity index (χ2v) is 7.67. The molecule has 2 heterocycles. The molecule has 27 heavy (non-hydrogen) atoms. The Kier molecular flexibility index (Phi) is 5.17. The summed E-state index contributed by atoms with van der Waals surface area (Å²) in [5, 5.41) is 9.19. The molecule has 0 radical (unpaired) electrons. The lowest BCUT2D eigenvalue weighted by Gasteiger charge is -2.28. The first-order valence-electron chi connectivity index (χ1n) is 9.05. The Morgan fingerprint density at radius 3 is 2.63 bits per heavy atom. The van der Waals surface area contributed by atoms with Crippen LogP contribution in [-0.4, -0.2) is 39.2 Å². The molecule has 1 unspecified atom stereocenters. The summed E-state index contributed by atoms with van der Waals surface area (Å²) in [7, 11) is 0. The quantitative estimate of drug-likeness (QED) is 0.862. The molecule has 0 aliphatic carbocycles. The van der Waals surface area contributed by atoms with Crippen LogP contribution in [0.4, 0.5) is 4.79 Å². The molecular weight excluding hydrogens is 344 g/mol. The number of hydrogen-bond acceptors (Lipinski definition) is 4. The van der Waals surface area contributed by atoms with Gasteiger partial charge in [0.25, 0.3) is 0 Å². The van der Waals surface area contributed by atoms with Gasteiger partial charge in [0.05, 0.1) is 23.0 Å². The molecule has 6 nitrogen and oxygen atoms in total. The highest BCUT2D eigenvalue weighted by Crippen LogP contribution is 2.33. The van der Waals surface area contributed by atoms with Crippen molar-refractivity contribution in [1.82, 2.24) is 9.88 Å². The average Bonchev–Trinajstić information content (AvgIpc) is 3.10. The van der Waals surface area contributed by atoms with Crippen molar-refractivity contribution in [2.45, 2.75) is 45.3 Å². The predicted molar refractivity (Wildman–Crippen MR) is 102 cm³/mol. The van der Waals surface area contributed by atoms with E-state index in [0.29, 0.717) is 12.2 Å². The Morgan fingerprint density at radius 1 is 1.19 bits per heavy atom. The van der Waals surface area contributed by atoms with Gasteiger partial charge in [0.2, 0.25) is 0 Å². The topological polar surface area (TPSA) is 79.7 Å². The van der Waals surface area contributed by atoms with Crippen LogP contribution in [0.25, 0.3) is 11.3 Å². The molecule has 1 amide bonds. The lowest BCUT2D eigenvalue weighted by Crippen LogP contribution is -2.36. The van der Waals surface area contributed by atoms with E-state index >= 15 is 0 Å². The number of aromatic nitrogens is 1. The van der Waals surface area contributed by atoms with Gasteiger partial charge in [-0.2, -0.15) is 0 Å². The molecule has 1 saturated heterocycles. The number of hydrogen-bond donors (Lipinski definition) is 1. The normalized spacial score (nSPS) is 17.0.